The lowest BCUT2D eigenvalue weighted by Gasteiger charge is -1.99. The van der Waals surface area contributed by atoms with E-state index in [4.69, 9.17) is 0 Å². The van der Waals surface area contributed by atoms with Crippen LogP contribution in [0.15, 0.2) is 12.2 Å². The lowest BCUT2D eigenvalue weighted by atomic mass is 10.4. The molecule has 0 radical (unpaired) electrons. The van der Waals surface area contributed by atoms with Crippen LogP contribution in [-0.4, -0.2) is 12.1 Å². The molecular formula is C5H4F3O2-. The van der Waals surface area contributed by atoms with Crippen LogP contribution < -0.4 is 5.11 Å². The summed E-state index contributed by atoms with van der Waals surface area (Å²) in [6.07, 6.45) is -4.73. The van der Waals surface area contributed by atoms with Gasteiger partial charge < -0.3 is 9.90 Å². The molecule has 0 unspecified atom stereocenters. The van der Waals surface area contributed by atoms with Gasteiger partial charge in [0.05, 0.1) is 12.4 Å². The molecule has 0 amide bonds. The zero-order valence-corrected chi connectivity index (χ0v) is 4.81. The summed E-state index contributed by atoms with van der Waals surface area (Å²) in [7, 11) is 0. The van der Waals surface area contributed by atoms with Crippen molar-refractivity contribution < 1.29 is 23.1 Å². The van der Waals surface area contributed by atoms with Gasteiger partial charge in [-0.3, -0.25) is 0 Å². The molecule has 0 aromatic carbocycles. The normalized spacial score (nSPS) is 12.3. The van der Waals surface area contributed by atoms with E-state index in [0.717, 1.165) is 0 Å². The van der Waals surface area contributed by atoms with Crippen molar-refractivity contribution in [2.24, 2.45) is 0 Å². The minimum Gasteiger partial charge on any atom is -0.545 e. The molecule has 0 aromatic heterocycles. The average Bonchev–Trinajstić information content (AvgIpc) is 1.59. The van der Waals surface area contributed by atoms with Gasteiger partial charge in [0.15, 0.2) is 0 Å². The largest absolute Gasteiger partial charge is 0.545 e. The summed E-state index contributed by atoms with van der Waals surface area (Å²) in [4.78, 5) is 9.52. The maximum Gasteiger partial charge on any atom is 0.392 e. The van der Waals surface area contributed by atoms with Crippen molar-refractivity contribution >= 4 is 5.97 Å². The summed E-state index contributed by atoms with van der Waals surface area (Å²) < 4.78 is 33.7. The second kappa shape index (κ2) is 3.24. The van der Waals surface area contributed by atoms with E-state index in [0.29, 0.717) is 12.2 Å². The molecule has 0 aliphatic carbocycles. The van der Waals surface area contributed by atoms with Gasteiger partial charge in [0, 0.05) is 0 Å². The van der Waals surface area contributed by atoms with Gasteiger partial charge in [-0.2, -0.15) is 13.2 Å². The summed E-state index contributed by atoms with van der Waals surface area (Å²) in [5, 5.41) is 9.52. The Kier molecular flexibility index (Phi) is 2.92. The Bertz CT molecular complexity index is 147. The van der Waals surface area contributed by atoms with Crippen molar-refractivity contribution in [3.8, 4) is 0 Å². The number of rotatable bonds is 2. The van der Waals surface area contributed by atoms with Crippen molar-refractivity contribution in [3.05, 3.63) is 12.2 Å². The fourth-order valence-electron chi connectivity index (χ4n) is 0.289. The summed E-state index contributed by atoms with van der Waals surface area (Å²) in [5.74, 6) is -1.62. The molecule has 0 rings (SSSR count). The first-order chi connectivity index (χ1) is 4.42. The van der Waals surface area contributed by atoms with Gasteiger partial charge in [0.1, 0.15) is 0 Å². The number of hydrogen-bond acceptors (Lipinski definition) is 2. The number of carboxylic acid groups (broad SMARTS) is 1. The van der Waals surface area contributed by atoms with Gasteiger partial charge in [-0.25, -0.2) is 0 Å². The van der Waals surface area contributed by atoms with Crippen LogP contribution in [0.5, 0.6) is 0 Å². The van der Waals surface area contributed by atoms with Gasteiger partial charge in [0.25, 0.3) is 0 Å². The molecule has 0 aliphatic rings. The summed E-state index contributed by atoms with van der Waals surface area (Å²) in [5.41, 5.74) is 0. The van der Waals surface area contributed by atoms with Crippen LogP contribution in [0.1, 0.15) is 6.42 Å². The number of carbonyl (C=O) groups is 1. The minimum absolute atomic E-state index is 0.355. The molecule has 0 aliphatic heterocycles. The predicted molar refractivity (Wildman–Crippen MR) is 24.8 cm³/mol. The Labute approximate surface area is 55.0 Å². The third-order valence-electron chi connectivity index (χ3n) is 0.603. The molecule has 0 saturated heterocycles. The fourth-order valence-corrected chi connectivity index (χ4v) is 0.289. The molecule has 10 heavy (non-hydrogen) atoms. The zero-order valence-electron chi connectivity index (χ0n) is 4.81. The lowest BCUT2D eigenvalue weighted by Crippen LogP contribution is -2.19. The van der Waals surface area contributed by atoms with E-state index in [1.165, 1.54) is 0 Å². The molecule has 0 atom stereocenters. The van der Waals surface area contributed by atoms with E-state index in [-0.39, 0.29) is 0 Å². The molecule has 0 spiro atoms. The van der Waals surface area contributed by atoms with E-state index in [1.807, 2.05) is 0 Å². The zero-order chi connectivity index (χ0) is 8.20. The van der Waals surface area contributed by atoms with Crippen LogP contribution in [-0.2, 0) is 4.79 Å². The van der Waals surface area contributed by atoms with Gasteiger partial charge in [0.2, 0.25) is 0 Å². The number of hydrogen-bond donors (Lipinski definition) is 0. The molecule has 0 bridgehead atoms. The van der Waals surface area contributed by atoms with Crippen molar-refractivity contribution in [2.45, 2.75) is 12.6 Å². The number of halogens is 3. The lowest BCUT2D eigenvalue weighted by molar-refractivity contribution is -0.297. The van der Waals surface area contributed by atoms with Gasteiger partial charge in [-0.15, -0.1) is 0 Å². The third kappa shape index (κ3) is 7.00. The van der Waals surface area contributed by atoms with Crippen LogP contribution in [0.4, 0.5) is 13.2 Å². The Hall–Kier alpha value is -1.00. The summed E-state index contributed by atoms with van der Waals surface area (Å²) in [6, 6.07) is 0. The Morgan fingerprint density at radius 2 is 2.00 bits per heavy atom. The van der Waals surface area contributed by atoms with Crippen molar-refractivity contribution in [1.29, 1.82) is 0 Å². The number of carboxylic acids is 1. The Balaban J connectivity index is 3.64. The van der Waals surface area contributed by atoms with Crippen molar-refractivity contribution in [3.63, 3.8) is 0 Å². The number of alkyl halides is 3. The van der Waals surface area contributed by atoms with E-state index in [1.54, 1.807) is 0 Å². The topological polar surface area (TPSA) is 40.1 Å². The molecule has 0 fully saturated rings. The molecular weight excluding hydrogens is 149 g/mol. The van der Waals surface area contributed by atoms with Crippen LogP contribution >= 0.6 is 0 Å². The monoisotopic (exact) mass is 153 g/mol. The van der Waals surface area contributed by atoms with Gasteiger partial charge >= 0.3 is 6.18 Å². The number of aliphatic carboxylic acids is 1. The second-order valence-electron chi connectivity index (χ2n) is 1.54. The van der Waals surface area contributed by atoms with Crippen LogP contribution in [0.3, 0.4) is 0 Å². The standard InChI is InChI=1S/C5H5F3O2/c6-5(7,8)3-1-2-4(9)10/h1-2H,3H2,(H,9,10)/p-1/b2-1+. The molecule has 0 aromatic rings. The molecule has 5 heteroatoms. The summed E-state index contributed by atoms with van der Waals surface area (Å²) >= 11 is 0. The van der Waals surface area contributed by atoms with E-state index < -0.39 is 18.6 Å². The molecule has 0 saturated carbocycles. The second-order valence-corrected chi connectivity index (χ2v) is 1.54. The smallest absolute Gasteiger partial charge is 0.392 e. The first-order valence-corrected chi connectivity index (χ1v) is 2.36. The van der Waals surface area contributed by atoms with E-state index in [2.05, 4.69) is 0 Å². The number of carbonyl (C=O) groups excluding carboxylic acids is 1. The highest BCUT2D eigenvalue weighted by molar-refractivity contribution is 5.77. The summed E-state index contributed by atoms with van der Waals surface area (Å²) in [6.45, 7) is 0. The maximum atomic E-state index is 11.2. The minimum atomic E-state index is -4.34. The first kappa shape index (κ1) is 9.00. The van der Waals surface area contributed by atoms with E-state index >= 15 is 0 Å². The highest BCUT2D eigenvalue weighted by Gasteiger charge is 2.24. The predicted octanol–water partition coefficient (Wildman–Crippen LogP) is 0.245. The Morgan fingerprint density at radius 1 is 1.50 bits per heavy atom. The Morgan fingerprint density at radius 3 is 2.30 bits per heavy atom. The van der Waals surface area contributed by atoms with Crippen molar-refractivity contribution in [1.82, 2.24) is 0 Å². The van der Waals surface area contributed by atoms with Crippen LogP contribution in [0.25, 0.3) is 0 Å². The van der Waals surface area contributed by atoms with E-state index in [9.17, 15) is 23.1 Å². The molecule has 0 N–H and O–H groups in total. The first-order valence-electron chi connectivity index (χ1n) is 2.36. The fraction of sp³-hybridized carbons (Fsp3) is 0.400. The van der Waals surface area contributed by atoms with Gasteiger partial charge in [-0.05, 0) is 6.08 Å². The van der Waals surface area contributed by atoms with Gasteiger partial charge in [-0.1, -0.05) is 6.08 Å². The van der Waals surface area contributed by atoms with Crippen molar-refractivity contribution in [2.75, 3.05) is 0 Å². The molecule has 0 heterocycles. The van der Waals surface area contributed by atoms with Crippen LogP contribution in [0, 0.1) is 0 Å². The highest BCUT2D eigenvalue weighted by Crippen LogP contribution is 2.19. The molecule has 58 valence electrons. The van der Waals surface area contributed by atoms with Crippen LogP contribution in [0.2, 0.25) is 0 Å². The molecule has 2 nitrogen and oxygen atoms in total. The average molecular weight is 153 g/mol. The number of allylic oxidation sites excluding steroid dienone is 1. The highest BCUT2D eigenvalue weighted by atomic mass is 19.4. The maximum absolute atomic E-state index is 11.2. The third-order valence-corrected chi connectivity index (χ3v) is 0.603. The SMILES string of the molecule is O=C([O-])/C=C/CC(F)(F)F. The quantitative estimate of drug-likeness (QED) is 0.533.